The Kier molecular flexibility index (Phi) is 4.16. The average Bonchev–Trinajstić information content (AvgIpc) is 2.56. The number of hydrogen-bond donors (Lipinski definition) is 0. The minimum Gasteiger partial charge on any atom is -0.378 e. The summed E-state index contributed by atoms with van der Waals surface area (Å²) < 4.78 is 5.33. The zero-order valence-corrected chi connectivity index (χ0v) is 11.7. The third kappa shape index (κ3) is 2.77. The fraction of sp³-hybridized carbons (Fsp3) is 0.600. The van der Waals surface area contributed by atoms with Gasteiger partial charge in [-0.05, 0) is 30.9 Å². The number of rotatable bonds is 1. The summed E-state index contributed by atoms with van der Waals surface area (Å²) in [6, 6.07) is 4.35. The summed E-state index contributed by atoms with van der Waals surface area (Å²) >= 11 is 0. The summed E-state index contributed by atoms with van der Waals surface area (Å²) in [5.41, 5.74) is 1.15. The van der Waals surface area contributed by atoms with Gasteiger partial charge in [-0.2, -0.15) is 0 Å². The second-order valence-electron chi connectivity index (χ2n) is 5.37. The zero-order valence-electron chi connectivity index (χ0n) is 11.7. The van der Waals surface area contributed by atoms with Crippen LogP contribution in [0.15, 0.2) is 24.5 Å². The number of carbonyl (C=O) groups excluding carboxylic acids is 1. The van der Waals surface area contributed by atoms with Crippen molar-refractivity contribution >= 4 is 6.03 Å². The molecule has 0 saturated carbocycles. The number of amides is 2. The highest BCUT2D eigenvalue weighted by atomic mass is 16.5. The third-order valence-electron chi connectivity index (χ3n) is 4.10. The third-order valence-corrected chi connectivity index (χ3v) is 4.10. The Labute approximate surface area is 119 Å². The number of hydrogen-bond acceptors (Lipinski definition) is 3. The van der Waals surface area contributed by atoms with E-state index in [1.807, 2.05) is 22.1 Å². The van der Waals surface area contributed by atoms with E-state index in [1.165, 1.54) is 6.42 Å². The van der Waals surface area contributed by atoms with Gasteiger partial charge in [-0.1, -0.05) is 6.07 Å². The summed E-state index contributed by atoms with van der Waals surface area (Å²) in [4.78, 5) is 20.8. The molecule has 0 N–H and O–H groups in total. The number of piperidine rings is 1. The highest BCUT2D eigenvalue weighted by Gasteiger charge is 2.31. The Hall–Kier alpha value is -1.62. The maximum absolute atomic E-state index is 12.7. The van der Waals surface area contributed by atoms with Crippen LogP contribution in [0, 0.1) is 0 Å². The van der Waals surface area contributed by atoms with E-state index in [0.29, 0.717) is 26.3 Å². The van der Waals surface area contributed by atoms with E-state index in [-0.39, 0.29) is 12.1 Å². The molecule has 0 bridgehead atoms. The average molecular weight is 275 g/mol. The lowest BCUT2D eigenvalue weighted by atomic mass is 9.97. The first kappa shape index (κ1) is 13.4. The highest BCUT2D eigenvalue weighted by Crippen LogP contribution is 2.31. The molecule has 20 heavy (non-hydrogen) atoms. The molecule has 2 aliphatic heterocycles. The molecule has 0 spiro atoms. The Morgan fingerprint density at radius 3 is 2.85 bits per heavy atom. The molecule has 2 aliphatic rings. The Bertz CT molecular complexity index is 446. The molecule has 1 aromatic rings. The van der Waals surface area contributed by atoms with Crippen LogP contribution in [0.1, 0.15) is 30.9 Å². The van der Waals surface area contributed by atoms with E-state index in [1.54, 1.807) is 6.20 Å². The predicted molar refractivity (Wildman–Crippen MR) is 75.3 cm³/mol. The fourth-order valence-corrected chi connectivity index (χ4v) is 3.02. The van der Waals surface area contributed by atoms with Gasteiger partial charge in [0.25, 0.3) is 0 Å². The topological polar surface area (TPSA) is 45.7 Å². The van der Waals surface area contributed by atoms with E-state index in [2.05, 4.69) is 11.1 Å². The second kappa shape index (κ2) is 6.22. The van der Waals surface area contributed by atoms with Gasteiger partial charge in [0.15, 0.2) is 0 Å². The van der Waals surface area contributed by atoms with Crippen molar-refractivity contribution in [2.24, 2.45) is 0 Å². The minimum atomic E-state index is 0.154. The molecule has 2 fully saturated rings. The van der Waals surface area contributed by atoms with Crippen molar-refractivity contribution < 1.29 is 9.53 Å². The van der Waals surface area contributed by atoms with Crippen LogP contribution in [0.25, 0.3) is 0 Å². The summed E-state index contributed by atoms with van der Waals surface area (Å²) in [5.74, 6) is 0. The van der Waals surface area contributed by atoms with Crippen LogP contribution in [0.2, 0.25) is 0 Å². The number of carbonyl (C=O) groups is 1. The van der Waals surface area contributed by atoms with Crippen molar-refractivity contribution in [2.45, 2.75) is 25.3 Å². The van der Waals surface area contributed by atoms with Crippen molar-refractivity contribution in [1.29, 1.82) is 0 Å². The number of pyridine rings is 1. The van der Waals surface area contributed by atoms with Crippen LogP contribution in [0.3, 0.4) is 0 Å². The maximum atomic E-state index is 12.7. The van der Waals surface area contributed by atoms with Gasteiger partial charge in [-0.3, -0.25) is 4.98 Å². The van der Waals surface area contributed by atoms with Gasteiger partial charge < -0.3 is 14.5 Å². The number of urea groups is 1. The maximum Gasteiger partial charge on any atom is 0.320 e. The number of aromatic nitrogens is 1. The smallest absolute Gasteiger partial charge is 0.320 e. The van der Waals surface area contributed by atoms with Gasteiger partial charge in [-0.15, -0.1) is 0 Å². The zero-order chi connectivity index (χ0) is 13.8. The SMILES string of the molecule is O=C(N1CCOCC1)N1CCCC[C@@H]1c1cccnc1. The molecule has 3 rings (SSSR count). The first-order valence-electron chi connectivity index (χ1n) is 7.39. The first-order valence-corrected chi connectivity index (χ1v) is 7.39. The monoisotopic (exact) mass is 275 g/mol. The number of morpholine rings is 1. The highest BCUT2D eigenvalue weighted by molar-refractivity contribution is 5.75. The Morgan fingerprint density at radius 1 is 1.25 bits per heavy atom. The van der Waals surface area contributed by atoms with Crippen molar-refractivity contribution in [1.82, 2.24) is 14.8 Å². The summed E-state index contributed by atoms with van der Waals surface area (Å²) in [6.07, 6.45) is 6.96. The van der Waals surface area contributed by atoms with Crippen LogP contribution in [0.5, 0.6) is 0 Å². The van der Waals surface area contributed by atoms with Crippen LogP contribution in [-0.4, -0.2) is 53.7 Å². The lowest BCUT2D eigenvalue weighted by Crippen LogP contribution is -2.50. The van der Waals surface area contributed by atoms with Crippen LogP contribution in [-0.2, 0) is 4.74 Å². The Morgan fingerprint density at radius 2 is 2.10 bits per heavy atom. The summed E-state index contributed by atoms with van der Waals surface area (Å²) in [5, 5.41) is 0. The van der Waals surface area contributed by atoms with E-state index >= 15 is 0 Å². The lowest BCUT2D eigenvalue weighted by molar-refractivity contribution is 0.0354. The molecule has 1 atom stereocenters. The van der Waals surface area contributed by atoms with E-state index in [4.69, 9.17) is 4.74 Å². The molecule has 2 saturated heterocycles. The molecule has 2 amide bonds. The molecule has 0 radical (unpaired) electrons. The van der Waals surface area contributed by atoms with Gasteiger partial charge in [0, 0.05) is 32.0 Å². The van der Waals surface area contributed by atoms with E-state index in [0.717, 1.165) is 24.9 Å². The molecule has 0 aromatic carbocycles. The van der Waals surface area contributed by atoms with Crippen molar-refractivity contribution in [3.05, 3.63) is 30.1 Å². The van der Waals surface area contributed by atoms with Crippen LogP contribution in [0.4, 0.5) is 4.79 Å². The predicted octanol–water partition coefficient (Wildman–Crippen LogP) is 2.06. The first-order chi connectivity index (χ1) is 9.86. The van der Waals surface area contributed by atoms with Crippen molar-refractivity contribution in [3.63, 3.8) is 0 Å². The molecule has 5 nitrogen and oxygen atoms in total. The number of likely N-dealkylation sites (tertiary alicyclic amines) is 1. The molecule has 1 aromatic heterocycles. The Balaban J connectivity index is 1.76. The number of nitrogens with zero attached hydrogens (tertiary/aromatic N) is 3. The van der Waals surface area contributed by atoms with Crippen molar-refractivity contribution in [3.8, 4) is 0 Å². The van der Waals surface area contributed by atoms with Gasteiger partial charge >= 0.3 is 6.03 Å². The lowest BCUT2D eigenvalue weighted by Gasteiger charge is -2.40. The molecule has 3 heterocycles. The molecular formula is C15H21N3O2. The largest absolute Gasteiger partial charge is 0.378 e. The normalized spacial score (nSPS) is 23.7. The van der Waals surface area contributed by atoms with E-state index in [9.17, 15) is 4.79 Å². The quantitative estimate of drug-likeness (QED) is 0.788. The second-order valence-corrected chi connectivity index (χ2v) is 5.37. The summed E-state index contributed by atoms with van der Waals surface area (Å²) in [7, 11) is 0. The molecule has 0 unspecified atom stereocenters. The van der Waals surface area contributed by atoms with Crippen LogP contribution >= 0.6 is 0 Å². The number of ether oxygens (including phenoxy) is 1. The molecule has 0 aliphatic carbocycles. The van der Waals surface area contributed by atoms with Crippen LogP contribution < -0.4 is 0 Å². The van der Waals surface area contributed by atoms with E-state index < -0.39 is 0 Å². The molecule has 5 heteroatoms. The standard InChI is InChI=1S/C15H21N3O2/c19-15(17-8-10-20-11-9-17)18-7-2-1-5-14(18)13-4-3-6-16-12-13/h3-4,6,12,14H,1-2,5,7-11H2/t14-/m1/s1. The summed E-state index contributed by atoms with van der Waals surface area (Å²) in [6.45, 7) is 3.55. The molecular weight excluding hydrogens is 254 g/mol. The fourth-order valence-electron chi connectivity index (χ4n) is 3.02. The minimum absolute atomic E-state index is 0.154. The van der Waals surface area contributed by atoms with Gasteiger partial charge in [0.1, 0.15) is 0 Å². The van der Waals surface area contributed by atoms with Gasteiger partial charge in [0.2, 0.25) is 0 Å². The van der Waals surface area contributed by atoms with Gasteiger partial charge in [0.05, 0.1) is 19.3 Å². The van der Waals surface area contributed by atoms with Crippen molar-refractivity contribution in [2.75, 3.05) is 32.8 Å². The van der Waals surface area contributed by atoms with Gasteiger partial charge in [-0.25, -0.2) is 4.79 Å². The molecule has 108 valence electrons.